The van der Waals surface area contributed by atoms with E-state index >= 15 is 0 Å². The molecule has 0 heterocycles. The van der Waals surface area contributed by atoms with Crippen molar-refractivity contribution in [2.45, 2.75) is 56.3 Å². The molecule has 174 valence electrons. The Labute approximate surface area is 200 Å². The van der Waals surface area contributed by atoms with Crippen LogP contribution in [0.4, 0.5) is 4.79 Å². The fourth-order valence-corrected chi connectivity index (χ4v) is 4.99. The van der Waals surface area contributed by atoms with Crippen molar-refractivity contribution in [1.82, 2.24) is 10.2 Å². The molecule has 0 aliphatic heterocycles. The number of amides is 1. The highest BCUT2D eigenvalue weighted by atomic mass is 127. The van der Waals surface area contributed by atoms with E-state index in [0.29, 0.717) is 35.2 Å². The van der Waals surface area contributed by atoms with Gasteiger partial charge in [-0.15, -0.1) is 0 Å². The minimum absolute atomic E-state index is 0.240. The van der Waals surface area contributed by atoms with Crippen molar-refractivity contribution in [3.05, 3.63) is 29.8 Å². The quantitative estimate of drug-likeness (QED) is 0.186. The molecule has 1 aromatic carbocycles. The zero-order valence-electron chi connectivity index (χ0n) is 19.3. The lowest BCUT2D eigenvalue weighted by atomic mass is 9.71. The van der Waals surface area contributed by atoms with E-state index < -0.39 is 6.09 Å². The van der Waals surface area contributed by atoms with Crippen molar-refractivity contribution >= 4 is 34.7 Å². The van der Waals surface area contributed by atoms with Gasteiger partial charge in [-0.2, -0.15) is 0 Å². The number of nitrogens with one attached hydrogen (secondary N) is 1. The molecule has 0 bridgehead atoms. The van der Waals surface area contributed by atoms with Gasteiger partial charge in [0, 0.05) is 17.0 Å². The SMILES string of the molecule is CCOC(=O)NCC1(CC(=O)Oc2cccc([C@@H](I)[C@@H](C)CN(C)C)c2)CCCCC1. The molecule has 2 rings (SSSR count). The summed E-state index contributed by atoms with van der Waals surface area (Å²) in [5, 5.41) is 2.84. The fraction of sp³-hybridized carbons (Fsp3) is 0.667. The number of ether oxygens (including phenoxy) is 2. The number of halogens is 1. The predicted octanol–water partition coefficient (Wildman–Crippen LogP) is 5.35. The van der Waals surface area contributed by atoms with Crippen LogP contribution in [0.15, 0.2) is 24.3 Å². The molecule has 7 heteroatoms. The zero-order chi connectivity index (χ0) is 22.9. The number of alkyl carbamates (subject to hydrolysis) is 1. The van der Waals surface area contributed by atoms with Gasteiger partial charge in [-0.1, -0.05) is 60.9 Å². The van der Waals surface area contributed by atoms with E-state index in [1.807, 2.05) is 18.2 Å². The minimum Gasteiger partial charge on any atom is -0.450 e. The molecule has 1 fully saturated rings. The van der Waals surface area contributed by atoms with Crippen molar-refractivity contribution in [2.75, 3.05) is 33.8 Å². The number of alkyl halides is 1. The Bertz CT molecular complexity index is 719. The smallest absolute Gasteiger partial charge is 0.407 e. The molecular formula is C24H37IN2O4. The van der Waals surface area contributed by atoms with Crippen LogP contribution < -0.4 is 10.1 Å². The third-order valence-electron chi connectivity index (χ3n) is 5.88. The van der Waals surface area contributed by atoms with Crippen molar-refractivity contribution in [3.8, 4) is 5.75 Å². The third kappa shape index (κ3) is 8.60. The number of hydrogen-bond donors (Lipinski definition) is 1. The van der Waals surface area contributed by atoms with Gasteiger partial charge in [-0.05, 0) is 62.9 Å². The first-order chi connectivity index (χ1) is 14.7. The summed E-state index contributed by atoms with van der Waals surface area (Å²) in [4.78, 5) is 26.8. The molecular weight excluding hydrogens is 507 g/mol. The number of hydrogen-bond acceptors (Lipinski definition) is 5. The normalized spacial score (nSPS) is 17.6. The van der Waals surface area contributed by atoms with E-state index in [0.717, 1.165) is 37.8 Å². The topological polar surface area (TPSA) is 67.9 Å². The molecule has 1 aliphatic carbocycles. The van der Waals surface area contributed by atoms with Gasteiger partial charge in [-0.25, -0.2) is 4.79 Å². The molecule has 0 spiro atoms. The fourth-order valence-electron chi connectivity index (χ4n) is 4.38. The van der Waals surface area contributed by atoms with E-state index in [4.69, 9.17) is 9.47 Å². The van der Waals surface area contributed by atoms with Crippen LogP contribution in [0, 0.1) is 11.3 Å². The summed E-state index contributed by atoms with van der Waals surface area (Å²) in [6.07, 6.45) is 4.99. The molecule has 1 aromatic rings. The number of carbonyl (C=O) groups is 2. The van der Waals surface area contributed by atoms with Crippen LogP contribution in [0.5, 0.6) is 5.75 Å². The third-order valence-corrected chi connectivity index (χ3v) is 7.82. The van der Waals surface area contributed by atoms with Crippen molar-refractivity contribution in [2.24, 2.45) is 11.3 Å². The zero-order valence-corrected chi connectivity index (χ0v) is 21.4. The molecule has 2 atom stereocenters. The summed E-state index contributed by atoms with van der Waals surface area (Å²) in [5.74, 6) is 0.822. The van der Waals surface area contributed by atoms with Gasteiger partial charge >= 0.3 is 12.1 Å². The first-order valence-corrected chi connectivity index (χ1v) is 12.5. The summed E-state index contributed by atoms with van der Waals surface area (Å²) in [7, 11) is 4.16. The number of benzene rings is 1. The first-order valence-electron chi connectivity index (χ1n) is 11.2. The van der Waals surface area contributed by atoms with Crippen LogP contribution in [0.3, 0.4) is 0 Å². The second-order valence-electron chi connectivity index (χ2n) is 9.00. The highest BCUT2D eigenvalue weighted by molar-refractivity contribution is 14.1. The summed E-state index contributed by atoms with van der Waals surface area (Å²) in [5.41, 5.74) is 0.905. The molecule has 31 heavy (non-hydrogen) atoms. The van der Waals surface area contributed by atoms with Gasteiger partial charge in [-0.3, -0.25) is 4.79 Å². The highest BCUT2D eigenvalue weighted by Crippen LogP contribution is 2.39. The Balaban J connectivity index is 2.01. The van der Waals surface area contributed by atoms with Gasteiger partial charge in [0.2, 0.25) is 0 Å². The van der Waals surface area contributed by atoms with Gasteiger partial charge in [0.15, 0.2) is 0 Å². The molecule has 1 N–H and O–H groups in total. The Morgan fingerprint density at radius 2 is 1.94 bits per heavy atom. The maximum absolute atomic E-state index is 12.8. The van der Waals surface area contributed by atoms with Crippen LogP contribution in [0.1, 0.15) is 61.9 Å². The molecule has 1 amide bonds. The van der Waals surface area contributed by atoms with Crippen LogP contribution in [0.25, 0.3) is 0 Å². The van der Waals surface area contributed by atoms with Crippen LogP contribution in [0.2, 0.25) is 0 Å². The van der Waals surface area contributed by atoms with Gasteiger partial charge < -0.3 is 19.7 Å². The number of carbonyl (C=O) groups excluding carboxylic acids is 2. The number of nitrogens with zero attached hydrogens (tertiary/aromatic N) is 1. The van der Waals surface area contributed by atoms with Gasteiger partial charge in [0.1, 0.15) is 5.75 Å². The van der Waals surface area contributed by atoms with Crippen molar-refractivity contribution in [3.63, 3.8) is 0 Å². The molecule has 0 unspecified atom stereocenters. The Morgan fingerprint density at radius 3 is 2.58 bits per heavy atom. The van der Waals surface area contributed by atoms with Gasteiger partial charge in [0.25, 0.3) is 0 Å². The summed E-state index contributed by atoms with van der Waals surface area (Å²) in [6, 6.07) is 7.86. The Hall–Kier alpha value is -1.35. The van der Waals surface area contributed by atoms with Crippen molar-refractivity contribution in [1.29, 1.82) is 0 Å². The minimum atomic E-state index is -0.423. The summed E-state index contributed by atoms with van der Waals surface area (Å²) >= 11 is 2.47. The molecule has 1 aliphatic rings. The second-order valence-corrected chi connectivity index (χ2v) is 10.3. The molecule has 1 saturated carbocycles. The maximum atomic E-state index is 12.8. The van der Waals surface area contributed by atoms with Crippen LogP contribution in [-0.4, -0.2) is 50.8 Å². The Kier molecular flexibility index (Phi) is 10.6. The average molecular weight is 544 g/mol. The highest BCUT2D eigenvalue weighted by Gasteiger charge is 2.35. The lowest BCUT2D eigenvalue weighted by Crippen LogP contribution is -2.41. The van der Waals surface area contributed by atoms with E-state index in [-0.39, 0.29) is 11.4 Å². The van der Waals surface area contributed by atoms with Crippen LogP contribution >= 0.6 is 22.6 Å². The molecule has 0 radical (unpaired) electrons. The van der Waals surface area contributed by atoms with E-state index in [1.165, 1.54) is 6.42 Å². The monoisotopic (exact) mass is 544 g/mol. The first kappa shape index (κ1) is 25.9. The van der Waals surface area contributed by atoms with E-state index in [9.17, 15) is 9.59 Å². The lowest BCUT2D eigenvalue weighted by molar-refractivity contribution is -0.137. The summed E-state index contributed by atoms with van der Waals surface area (Å²) in [6.45, 7) is 5.79. The van der Waals surface area contributed by atoms with Crippen LogP contribution in [-0.2, 0) is 9.53 Å². The van der Waals surface area contributed by atoms with E-state index in [1.54, 1.807) is 6.92 Å². The number of esters is 1. The summed E-state index contributed by atoms with van der Waals surface area (Å²) < 4.78 is 11.1. The molecule has 0 saturated heterocycles. The standard InChI is InChI=1S/C24H37IN2O4/c1-5-30-23(29)26-17-24(12-7-6-8-13-24)15-21(28)31-20-11-9-10-19(14-20)22(25)18(2)16-27(3)4/h9-11,14,18,22H,5-8,12-13,15-17H2,1-4H3,(H,26,29)/t18-,22-/m0/s1. The van der Waals surface area contributed by atoms with Crippen molar-refractivity contribution < 1.29 is 19.1 Å². The molecule has 6 nitrogen and oxygen atoms in total. The second kappa shape index (κ2) is 12.6. The molecule has 0 aromatic heterocycles. The Morgan fingerprint density at radius 1 is 1.23 bits per heavy atom. The van der Waals surface area contributed by atoms with E-state index in [2.05, 4.69) is 59.9 Å². The predicted molar refractivity (Wildman–Crippen MR) is 132 cm³/mol. The largest absolute Gasteiger partial charge is 0.450 e. The van der Waals surface area contributed by atoms with Gasteiger partial charge in [0.05, 0.1) is 13.0 Å². The lowest BCUT2D eigenvalue weighted by Gasteiger charge is -2.36. The number of rotatable bonds is 10. The maximum Gasteiger partial charge on any atom is 0.407 e. The average Bonchev–Trinajstić information content (AvgIpc) is 2.72.